The highest BCUT2D eigenvalue weighted by Gasteiger charge is 2.41. The molecule has 7 nitrogen and oxygen atoms in total. The average molecular weight is 482 g/mol. The van der Waals surface area contributed by atoms with E-state index in [9.17, 15) is 10.1 Å². The van der Waals surface area contributed by atoms with Gasteiger partial charge in [0, 0.05) is 43.5 Å². The molecule has 0 bridgehead atoms. The summed E-state index contributed by atoms with van der Waals surface area (Å²) in [4.78, 5) is 23.6. The molecule has 3 aliphatic rings. The van der Waals surface area contributed by atoms with Crippen molar-refractivity contribution in [2.75, 3.05) is 31.1 Å². The predicted molar refractivity (Wildman–Crippen MR) is 132 cm³/mol. The van der Waals surface area contributed by atoms with Crippen molar-refractivity contribution >= 4 is 22.3 Å². The van der Waals surface area contributed by atoms with Crippen molar-refractivity contribution in [3.05, 3.63) is 28.1 Å². The maximum atomic E-state index is 12.4. The van der Waals surface area contributed by atoms with Crippen molar-refractivity contribution in [3.8, 4) is 6.07 Å². The Labute approximate surface area is 206 Å². The standard InChI is InChI=1S/C26H35N5O2S/c1-18-11-22(33-29-18)13-21(32)12-20-5-3-19(4-6-20)7-9-30-10-8-24-23(14-30)28-25(34-24)31-16-26(2,15-27)17-31/h11,19-20H,3-10,12-14,16-17H2,1-2H3. The van der Waals surface area contributed by atoms with Gasteiger partial charge in [0.05, 0.1) is 29.3 Å². The zero-order valence-corrected chi connectivity index (χ0v) is 21.2. The molecule has 1 aliphatic carbocycles. The zero-order valence-electron chi connectivity index (χ0n) is 20.4. The summed E-state index contributed by atoms with van der Waals surface area (Å²) in [6.45, 7) is 8.73. The van der Waals surface area contributed by atoms with Crippen molar-refractivity contribution in [1.82, 2.24) is 15.0 Å². The molecule has 5 rings (SSSR count). The molecule has 0 atom stereocenters. The zero-order chi connectivity index (χ0) is 23.7. The highest BCUT2D eigenvalue weighted by molar-refractivity contribution is 7.15. The fraction of sp³-hybridized carbons (Fsp3) is 0.692. The van der Waals surface area contributed by atoms with Crippen molar-refractivity contribution in [3.63, 3.8) is 0 Å². The molecule has 0 aromatic carbocycles. The Morgan fingerprint density at radius 1 is 1.29 bits per heavy atom. The molecule has 4 heterocycles. The summed E-state index contributed by atoms with van der Waals surface area (Å²) in [5.41, 5.74) is 1.88. The van der Waals surface area contributed by atoms with Crippen LogP contribution in [0.3, 0.4) is 0 Å². The number of carbonyl (C=O) groups excluding carboxylic acids is 1. The lowest BCUT2D eigenvalue weighted by Gasteiger charge is -2.43. The Hall–Kier alpha value is -2.24. The van der Waals surface area contributed by atoms with Crippen LogP contribution in [0.2, 0.25) is 0 Å². The quantitative estimate of drug-likeness (QED) is 0.547. The van der Waals surface area contributed by atoms with Crippen LogP contribution in [-0.2, 0) is 24.2 Å². The fourth-order valence-electron chi connectivity index (χ4n) is 5.74. The lowest BCUT2D eigenvalue weighted by atomic mass is 9.78. The van der Waals surface area contributed by atoms with Crippen LogP contribution in [0.5, 0.6) is 0 Å². The molecular weight excluding hydrogens is 446 g/mol. The number of ketones is 1. The van der Waals surface area contributed by atoms with Gasteiger partial charge in [-0.05, 0) is 57.9 Å². The molecule has 2 aromatic heterocycles. The van der Waals surface area contributed by atoms with E-state index in [2.05, 4.69) is 21.0 Å². The molecule has 1 saturated heterocycles. The number of hydrogen-bond acceptors (Lipinski definition) is 8. The minimum absolute atomic E-state index is 0.208. The fourth-order valence-corrected chi connectivity index (χ4v) is 6.80. The third-order valence-electron chi connectivity index (χ3n) is 7.80. The van der Waals surface area contributed by atoms with E-state index in [0.717, 1.165) is 55.9 Å². The second-order valence-corrected chi connectivity index (χ2v) is 12.0. The van der Waals surface area contributed by atoms with E-state index < -0.39 is 0 Å². The number of nitrogens with zero attached hydrogens (tertiary/aromatic N) is 5. The second-order valence-electron chi connectivity index (χ2n) is 11.0. The number of thiazole rings is 1. The van der Waals surface area contributed by atoms with E-state index in [4.69, 9.17) is 9.51 Å². The summed E-state index contributed by atoms with van der Waals surface area (Å²) in [6, 6.07) is 4.28. The minimum Gasteiger partial charge on any atom is -0.361 e. The molecule has 0 radical (unpaired) electrons. The second kappa shape index (κ2) is 9.79. The van der Waals surface area contributed by atoms with Gasteiger partial charge in [-0.3, -0.25) is 9.69 Å². The summed E-state index contributed by atoms with van der Waals surface area (Å²) in [7, 11) is 0. The van der Waals surface area contributed by atoms with Crippen LogP contribution in [-0.4, -0.2) is 47.0 Å². The van der Waals surface area contributed by atoms with Crippen LogP contribution >= 0.6 is 11.3 Å². The largest absolute Gasteiger partial charge is 0.361 e. The van der Waals surface area contributed by atoms with Crippen molar-refractivity contribution in [2.24, 2.45) is 17.3 Å². The molecule has 2 aromatic rings. The molecule has 8 heteroatoms. The van der Waals surface area contributed by atoms with Crippen molar-refractivity contribution < 1.29 is 9.32 Å². The van der Waals surface area contributed by atoms with Crippen LogP contribution in [0.25, 0.3) is 0 Å². The van der Waals surface area contributed by atoms with Crippen LogP contribution in [0.1, 0.15) is 67.5 Å². The molecule has 0 unspecified atom stereocenters. The summed E-state index contributed by atoms with van der Waals surface area (Å²) in [5, 5.41) is 14.2. The van der Waals surface area contributed by atoms with E-state index >= 15 is 0 Å². The molecule has 182 valence electrons. The van der Waals surface area contributed by atoms with E-state index in [-0.39, 0.29) is 11.2 Å². The Morgan fingerprint density at radius 2 is 2.06 bits per heavy atom. The molecular formula is C26H35N5O2S. The molecule has 0 N–H and O–H groups in total. The lowest BCUT2D eigenvalue weighted by molar-refractivity contribution is -0.119. The Morgan fingerprint density at radius 3 is 2.76 bits per heavy atom. The van der Waals surface area contributed by atoms with Crippen LogP contribution in [0.4, 0.5) is 5.13 Å². The third-order valence-corrected chi connectivity index (χ3v) is 9.02. The van der Waals surface area contributed by atoms with E-state index in [1.807, 2.05) is 31.3 Å². The van der Waals surface area contributed by atoms with Crippen LogP contribution < -0.4 is 4.90 Å². The Balaban J connectivity index is 1.02. The number of aryl methyl sites for hydroxylation is 1. The average Bonchev–Trinajstić information content (AvgIpc) is 3.41. The Kier molecular flexibility index (Phi) is 6.76. The van der Waals surface area contributed by atoms with E-state index in [1.54, 1.807) is 0 Å². The third kappa shape index (κ3) is 5.36. The van der Waals surface area contributed by atoms with E-state index in [1.165, 1.54) is 42.7 Å². The van der Waals surface area contributed by atoms with Gasteiger partial charge in [0.25, 0.3) is 0 Å². The van der Waals surface area contributed by atoms with Gasteiger partial charge in [-0.2, -0.15) is 5.26 Å². The SMILES string of the molecule is Cc1cc(CC(=O)CC2CCC(CCN3CCc4sc(N5CC(C)(C#N)C5)nc4C3)CC2)on1. The molecule has 34 heavy (non-hydrogen) atoms. The molecule has 1 saturated carbocycles. The lowest BCUT2D eigenvalue weighted by Crippen LogP contribution is -2.54. The van der Waals surface area contributed by atoms with Gasteiger partial charge in [0.2, 0.25) is 0 Å². The monoisotopic (exact) mass is 481 g/mol. The number of carbonyl (C=O) groups is 1. The number of Topliss-reactive ketones (excluding diaryl/α,β-unsaturated/α-hetero) is 1. The number of fused-ring (bicyclic) bond motifs is 1. The Bertz CT molecular complexity index is 1060. The van der Waals surface area contributed by atoms with Gasteiger partial charge < -0.3 is 9.42 Å². The minimum atomic E-state index is -0.208. The van der Waals surface area contributed by atoms with Crippen LogP contribution in [0.15, 0.2) is 10.6 Å². The van der Waals surface area contributed by atoms with Gasteiger partial charge in [0.1, 0.15) is 11.5 Å². The van der Waals surface area contributed by atoms with Crippen molar-refractivity contribution in [2.45, 2.75) is 71.8 Å². The maximum absolute atomic E-state index is 12.4. The normalized spacial score (nSPS) is 24.3. The highest BCUT2D eigenvalue weighted by Crippen LogP contribution is 2.38. The summed E-state index contributed by atoms with van der Waals surface area (Å²) in [6.07, 6.45) is 8.22. The predicted octanol–water partition coefficient (Wildman–Crippen LogP) is 4.55. The number of rotatable bonds is 8. The summed E-state index contributed by atoms with van der Waals surface area (Å²) >= 11 is 1.83. The van der Waals surface area contributed by atoms with Gasteiger partial charge in [0.15, 0.2) is 5.13 Å². The first kappa shape index (κ1) is 23.5. The first-order valence-corrected chi connectivity index (χ1v) is 13.5. The highest BCUT2D eigenvalue weighted by atomic mass is 32.1. The molecule has 0 spiro atoms. The smallest absolute Gasteiger partial charge is 0.185 e. The number of hydrogen-bond donors (Lipinski definition) is 0. The maximum Gasteiger partial charge on any atom is 0.185 e. The first-order chi connectivity index (χ1) is 16.4. The van der Waals surface area contributed by atoms with Gasteiger partial charge >= 0.3 is 0 Å². The number of aromatic nitrogens is 2. The summed E-state index contributed by atoms with van der Waals surface area (Å²) < 4.78 is 5.19. The number of nitriles is 1. The van der Waals surface area contributed by atoms with Crippen LogP contribution in [0, 0.1) is 35.5 Å². The topological polar surface area (TPSA) is 86.3 Å². The molecule has 0 amide bonds. The first-order valence-electron chi connectivity index (χ1n) is 12.7. The molecule has 2 fully saturated rings. The van der Waals surface area contributed by atoms with Gasteiger partial charge in [-0.15, -0.1) is 11.3 Å². The summed E-state index contributed by atoms with van der Waals surface area (Å²) in [5.74, 6) is 2.28. The van der Waals surface area contributed by atoms with Gasteiger partial charge in [-0.25, -0.2) is 4.98 Å². The number of anilines is 1. The van der Waals surface area contributed by atoms with E-state index in [0.29, 0.717) is 24.5 Å². The van der Waals surface area contributed by atoms with Gasteiger partial charge in [-0.1, -0.05) is 18.0 Å². The molecule has 2 aliphatic heterocycles. The van der Waals surface area contributed by atoms with Crippen molar-refractivity contribution in [1.29, 1.82) is 5.26 Å².